The normalized spacial score (nSPS) is 27.3. The van der Waals surface area contributed by atoms with E-state index in [-0.39, 0.29) is 30.2 Å². The number of hydrogen-bond donors (Lipinski definition) is 0. The highest BCUT2D eigenvalue weighted by atomic mass is 35.5. The summed E-state index contributed by atoms with van der Waals surface area (Å²) >= 11 is 0. The molecule has 3 heterocycles. The van der Waals surface area contributed by atoms with Gasteiger partial charge in [0.15, 0.2) is 0 Å². The lowest BCUT2D eigenvalue weighted by Gasteiger charge is -2.42. The number of hydrogen-bond acceptors (Lipinski definition) is 3. The molecule has 3 atom stereocenters. The lowest BCUT2D eigenvalue weighted by molar-refractivity contribution is -0.138. The number of amides is 1. The van der Waals surface area contributed by atoms with Crippen molar-refractivity contribution < 1.29 is 4.79 Å². The molecule has 0 radical (unpaired) electrons. The van der Waals surface area contributed by atoms with Crippen LogP contribution in [0.25, 0.3) is 0 Å². The summed E-state index contributed by atoms with van der Waals surface area (Å²) in [5, 5.41) is 0. The number of fused-ring (bicyclic) bond motifs is 1. The lowest BCUT2D eigenvalue weighted by atomic mass is 9.71. The fourth-order valence-corrected chi connectivity index (χ4v) is 6.26. The van der Waals surface area contributed by atoms with Crippen molar-refractivity contribution >= 4 is 30.7 Å². The van der Waals surface area contributed by atoms with Gasteiger partial charge in [0, 0.05) is 31.6 Å². The van der Waals surface area contributed by atoms with E-state index in [9.17, 15) is 4.79 Å². The Bertz CT molecular complexity index is 886. The van der Waals surface area contributed by atoms with Crippen molar-refractivity contribution in [3.8, 4) is 0 Å². The summed E-state index contributed by atoms with van der Waals surface area (Å²) in [5.41, 5.74) is 2.23. The first-order chi connectivity index (χ1) is 14.6. The Morgan fingerprint density at radius 1 is 0.844 bits per heavy atom. The molecule has 174 valence electrons. The summed E-state index contributed by atoms with van der Waals surface area (Å²) in [6.45, 7) is 4.84. The average molecular weight is 476 g/mol. The molecule has 0 spiro atoms. The average Bonchev–Trinajstić information content (AvgIpc) is 3.32. The first-order valence-electron chi connectivity index (χ1n) is 11.4. The summed E-state index contributed by atoms with van der Waals surface area (Å²) in [7, 11) is 4.41. The van der Waals surface area contributed by atoms with Crippen molar-refractivity contribution in [3.63, 3.8) is 0 Å². The second-order valence-corrected chi connectivity index (χ2v) is 9.68. The fourth-order valence-electron chi connectivity index (χ4n) is 6.26. The van der Waals surface area contributed by atoms with Gasteiger partial charge in [-0.25, -0.2) is 0 Å². The molecule has 2 aromatic carbocycles. The number of benzene rings is 2. The van der Waals surface area contributed by atoms with Crippen molar-refractivity contribution in [2.75, 3.05) is 46.8 Å². The Morgan fingerprint density at radius 2 is 1.44 bits per heavy atom. The van der Waals surface area contributed by atoms with Crippen molar-refractivity contribution in [1.29, 1.82) is 0 Å². The highest BCUT2D eigenvalue weighted by Gasteiger charge is 2.51. The monoisotopic (exact) mass is 475 g/mol. The maximum absolute atomic E-state index is 14.1. The summed E-state index contributed by atoms with van der Waals surface area (Å²) in [5.74, 6) is 1.47. The van der Waals surface area contributed by atoms with E-state index >= 15 is 0 Å². The molecular weight excluding hydrogens is 441 g/mol. The minimum Gasteiger partial charge on any atom is -0.341 e. The van der Waals surface area contributed by atoms with Gasteiger partial charge in [-0.2, -0.15) is 0 Å². The molecule has 0 aromatic heterocycles. The van der Waals surface area contributed by atoms with Gasteiger partial charge in [-0.05, 0) is 57.1 Å². The molecule has 3 saturated heterocycles. The first kappa shape index (κ1) is 25.0. The van der Waals surface area contributed by atoms with Gasteiger partial charge in [0.2, 0.25) is 5.91 Å². The van der Waals surface area contributed by atoms with Gasteiger partial charge in [0.25, 0.3) is 0 Å². The van der Waals surface area contributed by atoms with Gasteiger partial charge >= 0.3 is 0 Å². The van der Waals surface area contributed by atoms with Gasteiger partial charge in [-0.1, -0.05) is 60.7 Å². The Balaban J connectivity index is 0.00000144. The third-order valence-electron chi connectivity index (χ3n) is 7.90. The Labute approximate surface area is 204 Å². The van der Waals surface area contributed by atoms with Gasteiger partial charge in [-0.15, -0.1) is 24.8 Å². The van der Waals surface area contributed by atoms with Crippen LogP contribution in [0.1, 0.15) is 30.0 Å². The van der Waals surface area contributed by atoms with Crippen LogP contribution in [-0.4, -0.2) is 67.4 Å². The number of halogens is 2. The van der Waals surface area contributed by atoms with E-state index < -0.39 is 0 Å². The fraction of sp³-hybridized carbons (Fsp3) is 0.500. The maximum Gasteiger partial charge on any atom is 0.233 e. The van der Waals surface area contributed by atoms with E-state index in [2.05, 4.69) is 89.5 Å². The van der Waals surface area contributed by atoms with E-state index in [1.54, 1.807) is 0 Å². The van der Waals surface area contributed by atoms with Crippen molar-refractivity contribution in [2.45, 2.75) is 24.3 Å². The Kier molecular flexibility index (Phi) is 7.93. The molecule has 0 N–H and O–H groups in total. The van der Waals surface area contributed by atoms with Crippen LogP contribution in [0.15, 0.2) is 60.7 Å². The number of carbonyl (C=O) groups is 1. The number of rotatable bonds is 3. The molecule has 0 bridgehead atoms. The zero-order valence-corrected chi connectivity index (χ0v) is 20.7. The molecule has 3 aliphatic rings. The van der Waals surface area contributed by atoms with Crippen LogP contribution >= 0.6 is 24.8 Å². The molecule has 5 rings (SSSR count). The standard InChI is InChI=1S/C26H33N3O.2ClH/c1-27-15-13-26(14-16-27,22-11-7-4-8-12-22)25(30)29-18-21-17-28(2)24(23(21)19-29)20-9-5-3-6-10-20;;/h3-12,21,23-24H,13-19H2,1-2H3;2*1H/t21-,23+,24-;;/m0../s1. The van der Waals surface area contributed by atoms with E-state index in [1.165, 1.54) is 11.1 Å². The molecule has 0 saturated carbocycles. The number of piperidine rings is 1. The smallest absolute Gasteiger partial charge is 0.233 e. The maximum atomic E-state index is 14.1. The van der Waals surface area contributed by atoms with Gasteiger partial charge in [-0.3, -0.25) is 9.69 Å². The van der Waals surface area contributed by atoms with E-state index in [4.69, 9.17) is 0 Å². The van der Waals surface area contributed by atoms with Crippen LogP contribution < -0.4 is 0 Å². The summed E-state index contributed by atoms with van der Waals surface area (Å²) in [6.07, 6.45) is 1.83. The zero-order chi connectivity index (χ0) is 20.7. The Hall–Kier alpha value is -1.59. The highest BCUT2D eigenvalue weighted by molar-refractivity contribution is 5.89. The van der Waals surface area contributed by atoms with Crippen LogP contribution in [0.4, 0.5) is 0 Å². The zero-order valence-electron chi connectivity index (χ0n) is 19.0. The first-order valence-corrected chi connectivity index (χ1v) is 11.4. The molecule has 32 heavy (non-hydrogen) atoms. The molecule has 6 heteroatoms. The third-order valence-corrected chi connectivity index (χ3v) is 7.90. The molecule has 2 aromatic rings. The predicted octanol–water partition coefficient (Wildman–Crippen LogP) is 4.25. The molecular formula is C26H35Cl2N3O. The van der Waals surface area contributed by atoms with Gasteiger partial charge in [0.05, 0.1) is 5.41 Å². The van der Waals surface area contributed by atoms with Crippen LogP contribution in [0, 0.1) is 11.8 Å². The SMILES string of the molecule is CN1CCC(C(=O)N2C[C@@H]3CN(C)[C@@H](c4ccccc4)[C@@H]3C2)(c2ccccc2)CC1.Cl.Cl. The third kappa shape index (κ3) is 4.31. The molecule has 0 aliphatic carbocycles. The molecule has 3 aliphatic heterocycles. The highest BCUT2D eigenvalue weighted by Crippen LogP contribution is 2.46. The molecule has 4 nitrogen and oxygen atoms in total. The van der Waals surface area contributed by atoms with Crippen molar-refractivity contribution in [1.82, 2.24) is 14.7 Å². The number of nitrogens with zero attached hydrogens (tertiary/aromatic N) is 3. The van der Waals surface area contributed by atoms with Gasteiger partial charge in [0.1, 0.15) is 0 Å². The second-order valence-electron chi connectivity index (χ2n) is 9.68. The number of carbonyl (C=O) groups excluding carboxylic acids is 1. The summed E-state index contributed by atoms with van der Waals surface area (Å²) in [6, 6.07) is 21.8. The lowest BCUT2D eigenvalue weighted by Crippen LogP contribution is -2.52. The minimum absolute atomic E-state index is 0. The van der Waals surface area contributed by atoms with Crippen LogP contribution in [0.2, 0.25) is 0 Å². The number of likely N-dealkylation sites (tertiary alicyclic amines) is 3. The molecule has 1 amide bonds. The Morgan fingerprint density at radius 3 is 2.06 bits per heavy atom. The largest absolute Gasteiger partial charge is 0.341 e. The second kappa shape index (κ2) is 10.1. The quantitative estimate of drug-likeness (QED) is 0.663. The summed E-state index contributed by atoms with van der Waals surface area (Å²) < 4.78 is 0. The minimum atomic E-state index is -0.361. The van der Waals surface area contributed by atoms with E-state index in [1.807, 2.05) is 0 Å². The van der Waals surface area contributed by atoms with Crippen LogP contribution in [0.5, 0.6) is 0 Å². The van der Waals surface area contributed by atoms with Crippen LogP contribution in [0.3, 0.4) is 0 Å². The molecule has 0 unspecified atom stereocenters. The van der Waals surface area contributed by atoms with Crippen molar-refractivity contribution in [2.24, 2.45) is 11.8 Å². The van der Waals surface area contributed by atoms with E-state index in [0.29, 0.717) is 23.8 Å². The predicted molar refractivity (Wildman–Crippen MR) is 135 cm³/mol. The van der Waals surface area contributed by atoms with Crippen molar-refractivity contribution in [3.05, 3.63) is 71.8 Å². The summed E-state index contributed by atoms with van der Waals surface area (Å²) in [4.78, 5) is 21.1. The van der Waals surface area contributed by atoms with Gasteiger partial charge < -0.3 is 9.80 Å². The van der Waals surface area contributed by atoms with Crippen LogP contribution in [-0.2, 0) is 10.2 Å². The topological polar surface area (TPSA) is 26.8 Å². The van der Waals surface area contributed by atoms with E-state index in [0.717, 1.165) is 45.6 Å². The molecule has 3 fully saturated rings.